The van der Waals surface area contributed by atoms with Crippen LogP contribution in [0, 0.1) is 18.8 Å². The SMILES string of the molecule is CC#CCCC(CSc1cccc(C)c1)NCC. The van der Waals surface area contributed by atoms with Crippen LogP contribution in [0.3, 0.4) is 0 Å². The molecule has 1 aromatic rings. The predicted molar refractivity (Wildman–Crippen MR) is 82.1 cm³/mol. The maximum Gasteiger partial charge on any atom is 0.0170 e. The number of benzene rings is 1. The standard InChI is InChI=1S/C16H23NS/c1-4-6-7-10-15(17-5-2)13-18-16-11-8-9-14(3)12-16/h8-9,11-12,15,17H,5,7,10,13H2,1-3H3. The molecular formula is C16H23NS. The van der Waals surface area contributed by atoms with Gasteiger partial charge in [0.25, 0.3) is 0 Å². The molecule has 1 atom stereocenters. The van der Waals surface area contributed by atoms with Gasteiger partial charge in [-0.1, -0.05) is 24.6 Å². The Morgan fingerprint density at radius 2 is 2.22 bits per heavy atom. The summed E-state index contributed by atoms with van der Waals surface area (Å²) in [6.07, 6.45) is 2.12. The monoisotopic (exact) mass is 261 g/mol. The van der Waals surface area contributed by atoms with Crippen LogP contribution in [0.2, 0.25) is 0 Å². The van der Waals surface area contributed by atoms with Crippen LogP contribution in [0.1, 0.15) is 32.3 Å². The van der Waals surface area contributed by atoms with E-state index in [9.17, 15) is 0 Å². The maximum atomic E-state index is 3.54. The summed E-state index contributed by atoms with van der Waals surface area (Å²) in [5.74, 6) is 7.22. The van der Waals surface area contributed by atoms with Gasteiger partial charge in [-0.25, -0.2) is 0 Å². The van der Waals surface area contributed by atoms with Crippen molar-refractivity contribution in [3.63, 3.8) is 0 Å². The zero-order valence-corrected chi connectivity index (χ0v) is 12.4. The smallest absolute Gasteiger partial charge is 0.0170 e. The Morgan fingerprint density at radius 3 is 2.89 bits per heavy atom. The van der Waals surface area contributed by atoms with Crippen LogP contribution in [-0.4, -0.2) is 18.3 Å². The first-order valence-corrected chi connectivity index (χ1v) is 7.57. The Balaban J connectivity index is 2.42. The largest absolute Gasteiger partial charge is 0.313 e. The van der Waals surface area contributed by atoms with Gasteiger partial charge in [0.2, 0.25) is 0 Å². The fourth-order valence-corrected chi connectivity index (χ4v) is 2.93. The van der Waals surface area contributed by atoms with Crippen molar-refractivity contribution in [2.45, 2.75) is 44.6 Å². The van der Waals surface area contributed by atoms with E-state index in [0.717, 1.165) is 25.1 Å². The predicted octanol–water partition coefficient (Wildman–Crippen LogP) is 3.87. The number of nitrogens with one attached hydrogen (secondary N) is 1. The van der Waals surface area contributed by atoms with E-state index in [1.807, 2.05) is 18.7 Å². The quantitative estimate of drug-likeness (QED) is 0.591. The average molecular weight is 261 g/mol. The molecule has 0 aromatic heterocycles. The molecule has 0 saturated heterocycles. The number of thioether (sulfide) groups is 1. The molecule has 1 aromatic carbocycles. The first-order chi connectivity index (χ1) is 8.76. The van der Waals surface area contributed by atoms with Gasteiger partial charge in [0, 0.05) is 23.1 Å². The van der Waals surface area contributed by atoms with E-state index >= 15 is 0 Å². The third-order valence-electron chi connectivity index (χ3n) is 2.73. The van der Waals surface area contributed by atoms with Crippen LogP contribution in [0.4, 0.5) is 0 Å². The van der Waals surface area contributed by atoms with Crippen molar-refractivity contribution >= 4 is 11.8 Å². The second-order valence-corrected chi connectivity index (χ2v) is 5.44. The molecular weight excluding hydrogens is 238 g/mol. The zero-order valence-electron chi connectivity index (χ0n) is 11.6. The lowest BCUT2D eigenvalue weighted by atomic mass is 10.2. The highest BCUT2D eigenvalue weighted by Crippen LogP contribution is 2.20. The summed E-state index contributed by atoms with van der Waals surface area (Å²) in [5.41, 5.74) is 1.33. The molecule has 1 nitrogen and oxygen atoms in total. The van der Waals surface area contributed by atoms with Crippen molar-refractivity contribution in [3.8, 4) is 11.8 Å². The molecule has 0 aliphatic rings. The molecule has 0 fully saturated rings. The molecule has 1 unspecified atom stereocenters. The van der Waals surface area contributed by atoms with Crippen LogP contribution in [0.5, 0.6) is 0 Å². The number of aryl methyl sites for hydroxylation is 1. The second kappa shape index (κ2) is 9.08. The van der Waals surface area contributed by atoms with Gasteiger partial charge in [0.05, 0.1) is 0 Å². The van der Waals surface area contributed by atoms with Crippen molar-refractivity contribution in [2.24, 2.45) is 0 Å². The lowest BCUT2D eigenvalue weighted by Gasteiger charge is -2.16. The number of hydrogen-bond acceptors (Lipinski definition) is 2. The van der Waals surface area contributed by atoms with Crippen LogP contribution >= 0.6 is 11.8 Å². The molecule has 0 bridgehead atoms. The van der Waals surface area contributed by atoms with Gasteiger partial charge in [0.1, 0.15) is 0 Å². The van der Waals surface area contributed by atoms with Crippen LogP contribution in [-0.2, 0) is 0 Å². The average Bonchev–Trinajstić information content (AvgIpc) is 2.36. The lowest BCUT2D eigenvalue weighted by molar-refractivity contribution is 0.545. The number of rotatable bonds is 7. The molecule has 0 radical (unpaired) electrons. The Kier molecular flexibility index (Phi) is 7.64. The molecule has 0 spiro atoms. The van der Waals surface area contributed by atoms with E-state index in [1.54, 1.807) is 0 Å². The van der Waals surface area contributed by atoms with Gasteiger partial charge in [-0.2, -0.15) is 0 Å². The topological polar surface area (TPSA) is 12.0 Å². The lowest BCUT2D eigenvalue weighted by Crippen LogP contribution is -2.30. The summed E-state index contributed by atoms with van der Waals surface area (Å²) < 4.78 is 0. The molecule has 0 saturated carbocycles. The summed E-state index contributed by atoms with van der Waals surface area (Å²) in [5, 5.41) is 3.54. The minimum absolute atomic E-state index is 0.557. The highest BCUT2D eigenvalue weighted by Gasteiger charge is 2.07. The molecule has 2 heteroatoms. The van der Waals surface area contributed by atoms with Crippen molar-refractivity contribution in [2.75, 3.05) is 12.3 Å². The van der Waals surface area contributed by atoms with Crippen LogP contribution < -0.4 is 5.32 Å². The van der Waals surface area contributed by atoms with Crippen LogP contribution in [0.25, 0.3) is 0 Å². The molecule has 1 N–H and O–H groups in total. The Bertz CT molecular complexity index is 403. The summed E-state index contributed by atoms with van der Waals surface area (Å²) >= 11 is 1.93. The van der Waals surface area contributed by atoms with Crippen molar-refractivity contribution in [1.82, 2.24) is 5.32 Å². The first kappa shape index (κ1) is 15.1. The molecule has 18 heavy (non-hydrogen) atoms. The normalized spacial score (nSPS) is 11.7. The molecule has 0 aliphatic heterocycles. The third kappa shape index (κ3) is 6.14. The molecule has 98 valence electrons. The van der Waals surface area contributed by atoms with Crippen molar-refractivity contribution < 1.29 is 0 Å². The van der Waals surface area contributed by atoms with E-state index in [0.29, 0.717) is 6.04 Å². The van der Waals surface area contributed by atoms with Gasteiger partial charge in [-0.05, 0) is 38.9 Å². The van der Waals surface area contributed by atoms with Gasteiger partial charge >= 0.3 is 0 Å². The number of hydrogen-bond donors (Lipinski definition) is 1. The van der Waals surface area contributed by atoms with Crippen molar-refractivity contribution in [3.05, 3.63) is 29.8 Å². The van der Waals surface area contributed by atoms with Gasteiger partial charge in [0.15, 0.2) is 0 Å². The fraction of sp³-hybridized carbons (Fsp3) is 0.500. The highest BCUT2D eigenvalue weighted by atomic mass is 32.2. The maximum absolute atomic E-state index is 3.54. The van der Waals surface area contributed by atoms with Gasteiger partial charge < -0.3 is 5.32 Å². The highest BCUT2D eigenvalue weighted by molar-refractivity contribution is 7.99. The summed E-state index contributed by atoms with van der Waals surface area (Å²) in [7, 11) is 0. The third-order valence-corrected chi connectivity index (χ3v) is 3.88. The van der Waals surface area contributed by atoms with Gasteiger partial charge in [-0.3, -0.25) is 0 Å². The molecule has 0 aliphatic carbocycles. The molecule has 0 heterocycles. The second-order valence-electron chi connectivity index (χ2n) is 4.35. The van der Waals surface area contributed by atoms with Gasteiger partial charge in [-0.15, -0.1) is 23.6 Å². The van der Waals surface area contributed by atoms with E-state index in [2.05, 4.69) is 55.3 Å². The summed E-state index contributed by atoms with van der Waals surface area (Å²) in [6.45, 7) is 7.24. The Hall–Kier alpha value is -0.910. The Morgan fingerprint density at radius 1 is 1.39 bits per heavy atom. The van der Waals surface area contributed by atoms with Crippen molar-refractivity contribution in [1.29, 1.82) is 0 Å². The first-order valence-electron chi connectivity index (χ1n) is 6.58. The van der Waals surface area contributed by atoms with E-state index in [-0.39, 0.29) is 0 Å². The zero-order chi connectivity index (χ0) is 13.2. The molecule has 1 rings (SSSR count). The fourth-order valence-electron chi connectivity index (χ4n) is 1.81. The Labute approximate surface area is 116 Å². The summed E-state index contributed by atoms with van der Waals surface area (Å²) in [6, 6.07) is 9.26. The minimum atomic E-state index is 0.557. The van der Waals surface area contributed by atoms with E-state index in [1.165, 1.54) is 10.5 Å². The van der Waals surface area contributed by atoms with E-state index in [4.69, 9.17) is 0 Å². The minimum Gasteiger partial charge on any atom is -0.313 e. The summed E-state index contributed by atoms with van der Waals surface area (Å²) in [4.78, 5) is 1.36. The van der Waals surface area contributed by atoms with E-state index < -0.39 is 0 Å². The van der Waals surface area contributed by atoms with Crippen LogP contribution in [0.15, 0.2) is 29.2 Å². The molecule has 0 amide bonds.